The van der Waals surface area contributed by atoms with Crippen molar-refractivity contribution >= 4 is 5.57 Å². The van der Waals surface area contributed by atoms with Gasteiger partial charge >= 0.3 is 0 Å². The second kappa shape index (κ2) is 3.97. The van der Waals surface area contributed by atoms with Crippen molar-refractivity contribution in [2.24, 2.45) is 5.92 Å². The Bertz CT molecular complexity index is 525. The zero-order valence-corrected chi connectivity index (χ0v) is 9.90. The minimum Gasteiger partial charge on any atom is -0.310 e. The third-order valence-electron chi connectivity index (χ3n) is 3.87. The highest BCUT2D eigenvalue weighted by molar-refractivity contribution is 5.73. The lowest BCUT2D eigenvalue weighted by atomic mass is 9.96. The van der Waals surface area contributed by atoms with E-state index < -0.39 is 0 Å². The van der Waals surface area contributed by atoms with Gasteiger partial charge in [-0.3, -0.25) is 4.98 Å². The predicted octanol–water partition coefficient (Wildman–Crippen LogP) is 2.03. The maximum atomic E-state index is 9.05. The average Bonchev–Trinajstić information content (AvgIpc) is 2.92. The number of allylic oxidation sites excluding steroid dienone is 1. The number of nitrogens with zero attached hydrogens (tertiary/aromatic N) is 2. The molecule has 0 saturated carbocycles. The van der Waals surface area contributed by atoms with Crippen LogP contribution in [0.5, 0.6) is 0 Å². The SMILES string of the molecule is Cc1ncc(C2=CCC3CCNC23)cc1C#N. The molecule has 1 aromatic heterocycles. The van der Waals surface area contributed by atoms with Crippen molar-refractivity contribution in [3.8, 4) is 6.07 Å². The maximum Gasteiger partial charge on any atom is 0.101 e. The zero-order valence-electron chi connectivity index (χ0n) is 9.90. The summed E-state index contributed by atoms with van der Waals surface area (Å²) in [7, 11) is 0. The highest BCUT2D eigenvalue weighted by atomic mass is 15.0. The van der Waals surface area contributed by atoms with Crippen molar-refractivity contribution < 1.29 is 0 Å². The molecule has 17 heavy (non-hydrogen) atoms. The standard InChI is InChI=1S/C14H15N3/c1-9-11(7-15)6-12(8-17-9)13-3-2-10-4-5-16-14(10)13/h3,6,8,10,14,16H,2,4-5H2,1H3. The van der Waals surface area contributed by atoms with Crippen molar-refractivity contribution in [3.63, 3.8) is 0 Å². The quantitative estimate of drug-likeness (QED) is 0.795. The van der Waals surface area contributed by atoms with Crippen LogP contribution in [0.4, 0.5) is 0 Å². The molecule has 0 amide bonds. The van der Waals surface area contributed by atoms with Gasteiger partial charge in [-0.1, -0.05) is 6.08 Å². The van der Waals surface area contributed by atoms with E-state index in [1.165, 1.54) is 12.0 Å². The van der Waals surface area contributed by atoms with Gasteiger partial charge in [-0.2, -0.15) is 5.26 Å². The zero-order chi connectivity index (χ0) is 11.8. The van der Waals surface area contributed by atoms with Gasteiger partial charge in [0.05, 0.1) is 11.3 Å². The molecular formula is C14H15N3. The fourth-order valence-corrected chi connectivity index (χ4v) is 2.88. The molecule has 0 aromatic carbocycles. The van der Waals surface area contributed by atoms with Gasteiger partial charge in [-0.15, -0.1) is 0 Å². The normalized spacial score (nSPS) is 26.5. The van der Waals surface area contributed by atoms with Crippen LogP contribution in [0.1, 0.15) is 29.7 Å². The summed E-state index contributed by atoms with van der Waals surface area (Å²) in [6.07, 6.45) is 6.61. The van der Waals surface area contributed by atoms with Crippen LogP contribution >= 0.6 is 0 Å². The Labute approximate surface area is 101 Å². The van der Waals surface area contributed by atoms with E-state index in [1.807, 2.05) is 19.2 Å². The van der Waals surface area contributed by atoms with E-state index in [0.717, 1.165) is 30.1 Å². The molecule has 1 aliphatic heterocycles. The molecule has 1 aromatic rings. The Morgan fingerprint density at radius 3 is 3.24 bits per heavy atom. The number of pyridine rings is 1. The van der Waals surface area contributed by atoms with Crippen molar-refractivity contribution in [2.45, 2.75) is 25.8 Å². The van der Waals surface area contributed by atoms with Crippen LogP contribution in [-0.2, 0) is 0 Å². The topological polar surface area (TPSA) is 48.7 Å². The lowest BCUT2D eigenvalue weighted by Gasteiger charge is -2.15. The van der Waals surface area contributed by atoms with Crippen LogP contribution in [0.3, 0.4) is 0 Å². The third-order valence-corrected chi connectivity index (χ3v) is 3.87. The lowest BCUT2D eigenvalue weighted by molar-refractivity contribution is 0.557. The average molecular weight is 225 g/mol. The number of hydrogen-bond donors (Lipinski definition) is 1. The molecule has 86 valence electrons. The van der Waals surface area contributed by atoms with E-state index in [-0.39, 0.29) is 0 Å². The molecule has 1 N–H and O–H groups in total. The van der Waals surface area contributed by atoms with Crippen LogP contribution in [0.15, 0.2) is 18.3 Å². The summed E-state index contributed by atoms with van der Waals surface area (Å²) < 4.78 is 0. The second-order valence-corrected chi connectivity index (χ2v) is 4.84. The number of hydrogen-bond acceptors (Lipinski definition) is 3. The minimum atomic E-state index is 0.478. The van der Waals surface area contributed by atoms with E-state index >= 15 is 0 Å². The summed E-state index contributed by atoms with van der Waals surface area (Å²) >= 11 is 0. The molecule has 2 heterocycles. The molecule has 0 radical (unpaired) electrons. The summed E-state index contributed by atoms with van der Waals surface area (Å²) in [5, 5.41) is 12.6. The van der Waals surface area contributed by atoms with Crippen LogP contribution in [0, 0.1) is 24.2 Å². The van der Waals surface area contributed by atoms with Gasteiger partial charge in [0.1, 0.15) is 6.07 Å². The Balaban J connectivity index is 1.98. The first-order valence-electron chi connectivity index (χ1n) is 6.10. The summed E-state index contributed by atoms with van der Waals surface area (Å²) in [6, 6.07) is 4.66. The highest BCUT2D eigenvalue weighted by Gasteiger charge is 2.34. The molecule has 2 aliphatic rings. The monoisotopic (exact) mass is 225 g/mol. The predicted molar refractivity (Wildman–Crippen MR) is 66.2 cm³/mol. The smallest absolute Gasteiger partial charge is 0.101 e. The number of nitriles is 1. The van der Waals surface area contributed by atoms with Gasteiger partial charge < -0.3 is 5.32 Å². The molecule has 3 nitrogen and oxygen atoms in total. The number of aromatic nitrogens is 1. The molecule has 0 spiro atoms. The number of nitrogens with one attached hydrogen (secondary N) is 1. The van der Waals surface area contributed by atoms with E-state index in [4.69, 9.17) is 5.26 Å². The van der Waals surface area contributed by atoms with E-state index in [9.17, 15) is 0 Å². The van der Waals surface area contributed by atoms with E-state index in [1.54, 1.807) is 0 Å². The van der Waals surface area contributed by atoms with Crippen LogP contribution in [0.2, 0.25) is 0 Å². The van der Waals surface area contributed by atoms with Gasteiger partial charge in [-0.05, 0) is 49.4 Å². The number of fused-ring (bicyclic) bond motifs is 1. The summed E-state index contributed by atoms with van der Waals surface area (Å²) in [6.45, 7) is 2.99. The van der Waals surface area contributed by atoms with Gasteiger partial charge in [0.25, 0.3) is 0 Å². The summed E-state index contributed by atoms with van der Waals surface area (Å²) in [5.74, 6) is 0.747. The molecule has 2 atom stereocenters. The number of rotatable bonds is 1. The van der Waals surface area contributed by atoms with Gasteiger partial charge in [-0.25, -0.2) is 0 Å². The Morgan fingerprint density at radius 2 is 2.41 bits per heavy atom. The van der Waals surface area contributed by atoms with Crippen molar-refractivity contribution in [1.82, 2.24) is 10.3 Å². The van der Waals surface area contributed by atoms with Gasteiger partial charge in [0.15, 0.2) is 0 Å². The van der Waals surface area contributed by atoms with Crippen molar-refractivity contribution in [3.05, 3.63) is 35.2 Å². The van der Waals surface area contributed by atoms with Gasteiger partial charge in [0, 0.05) is 12.2 Å². The maximum absolute atomic E-state index is 9.05. The third kappa shape index (κ3) is 1.65. The molecule has 1 fully saturated rings. The van der Waals surface area contributed by atoms with Crippen molar-refractivity contribution in [2.75, 3.05) is 6.54 Å². The fraction of sp³-hybridized carbons (Fsp3) is 0.429. The molecular weight excluding hydrogens is 210 g/mol. The first kappa shape index (κ1) is 10.5. The van der Waals surface area contributed by atoms with E-state index in [2.05, 4.69) is 22.4 Å². The molecule has 0 bridgehead atoms. The Kier molecular flexibility index (Phi) is 2.45. The molecule has 3 heteroatoms. The molecule has 1 saturated heterocycles. The Morgan fingerprint density at radius 1 is 1.53 bits per heavy atom. The number of aryl methyl sites for hydroxylation is 1. The largest absolute Gasteiger partial charge is 0.310 e. The van der Waals surface area contributed by atoms with Crippen LogP contribution < -0.4 is 5.32 Å². The second-order valence-electron chi connectivity index (χ2n) is 4.84. The highest BCUT2D eigenvalue weighted by Crippen LogP contribution is 2.37. The first-order chi connectivity index (χ1) is 8.29. The molecule has 2 unspecified atom stereocenters. The van der Waals surface area contributed by atoms with Crippen molar-refractivity contribution in [1.29, 1.82) is 5.26 Å². The summed E-state index contributed by atoms with van der Waals surface area (Å²) in [5.41, 5.74) is 3.93. The summed E-state index contributed by atoms with van der Waals surface area (Å²) in [4.78, 5) is 4.32. The fourth-order valence-electron chi connectivity index (χ4n) is 2.88. The Hall–Kier alpha value is -1.66. The molecule has 3 rings (SSSR count). The van der Waals surface area contributed by atoms with Crippen LogP contribution in [0.25, 0.3) is 5.57 Å². The lowest BCUT2D eigenvalue weighted by Crippen LogP contribution is -2.25. The first-order valence-corrected chi connectivity index (χ1v) is 6.10. The molecule has 1 aliphatic carbocycles. The van der Waals surface area contributed by atoms with Gasteiger partial charge in [0.2, 0.25) is 0 Å². The van der Waals surface area contributed by atoms with E-state index in [0.29, 0.717) is 11.6 Å². The van der Waals surface area contributed by atoms with Crippen LogP contribution in [-0.4, -0.2) is 17.6 Å². The minimum absolute atomic E-state index is 0.478.